The summed E-state index contributed by atoms with van der Waals surface area (Å²) in [5.41, 5.74) is 3.83. The number of alkyl halides is 1. The zero-order valence-corrected chi connectivity index (χ0v) is 13.2. The van der Waals surface area contributed by atoms with Gasteiger partial charge in [0.15, 0.2) is 5.65 Å². The van der Waals surface area contributed by atoms with Gasteiger partial charge in [0.1, 0.15) is 11.3 Å². The minimum absolute atomic E-state index is 0.213. The van der Waals surface area contributed by atoms with E-state index in [1.54, 1.807) is 18.5 Å². The molecule has 1 unspecified atom stereocenters. The molecule has 0 aromatic carbocycles. The Balaban J connectivity index is 2.16. The number of fused-ring (bicyclic) bond motifs is 1. The SMILES string of the molecule is Cc1ccncc1Cn1c(C(C)Cl)nc2cc(Cl)cnc21. The maximum atomic E-state index is 6.27. The van der Waals surface area contributed by atoms with Crippen LogP contribution in [0.15, 0.2) is 30.7 Å². The number of pyridine rings is 2. The molecule has 21 heavy (non-hydrogen) atoms. The van der Waals surface area contributed by atoms with E-state index in [0.29, 0.717) is 11.6 Å². The number of aromatic nitrogens is 4. The molecule has 0 saturated carbocycles. The van der Waals surface area contributed by atoms with Gasteiger partial charge in [0.05, 0.1) is 16.9 Å². The molecule has 0 saturated heterocycles. The van der Waals surface area contributed by atoms with Crippen LogP contribution in [0.25, 0.3) is 11.2 Å². The smallest absolute Gasteiger partial charge is 0.160 e. The predicted molar refractivity (Wildman–Crippen MR) is 84.9 cm³/mol. The Hall–Kier alpha value is -1.65. The third kappa shape index (κ3) is 2.74. The first-order valence-electron chi connectivity index (χ1n) is 6.61. The summed E-state index contributed by atoms with van der Waals surface area (Å²) in [6, 6.07) is 3.79. The average molecular weight is 321 g/mol. The summed E-state index contributed by atoms with van der Waals surface area (Å²) in [6.45, 7) is 4.60. The van der Waals surface area contributed by atoms with E-state index in [1.165, 1.54) is 5.56 Å². The van der Waals surface area contributed by atoms with Gasteiger partial charge >= 0.3 is 0 Å². The highest BCUT2D eigenvalue weighted by atomic mass is 35.5. The van der Waals surface area contributed by atoms with Gasteiger partial charge in [-0.05, 0) is 37.1 Å². The van der Waals surface area contributed by atoms with Crippen molar-refractivity contribution in [1.82, 2.24) is 19.5 Å². The third-order valence-electron chi connectivity index (χ3n) is 3.41. The quantitative estimate of drug-likeness (QED) is 0.681. The van der Waals surface area contributed by atoms with Crippen LogP contribution in [0, 0.1) is 6.92 Å². The Labute approximate surface area is 132 Å². The van der Waals surface area contributed by atoms with Crippen molar-refractivity contribution >= 4 is 34.4 Å². The number of rotatable bonds is 3. The van der Waals surface area contributed by atoms with Crippen LogP contribution in [0.3, 0.4) is 0 Å². The number of hydrogen-bond donors (Lipinski definition) is 0. The molecule has 0 fully saturated rings. The van der Waals surface area contributed by atoms with Gasteiger partial charge in [-0.25, -0.2) is 9.97 Å². The van der Waals surface area contributed by atoms with Crippen molar-refractivity contribution < 1.29 is 0 Å². The fraction of sp³-hybridized carbons (Fsp3) is 0.267. The Morgan fingerprint density at radius 1 is 1.33 bits per heavy atom. The summed E-state index contributed by atoms with van der Waals surface area (Å²) >= 11 is 12.3. The Bertz CT molecular complexity index is 795. The second-order valence-corrected chi connectivity index (χ2v) is 6.06. The van der Waals surface area contributed by atoms with Crippen LogP contribution in [0.2, 0.25) is 5.02 Å². The number of nitrogens with zero attached hydrogens (tertiary/aromatic N) is 4. The van der Waals surface area contributed by atoms with E-state index in [1.807, 2.05) is 23.8 Å². The van der Waals surface area contributed by atoms with E-state index in [0.717, 1.165) is 22.6 Å². The minimum Gasteiger partial charge on any atom is -0.307 e. The molecule has 4 nitrogen and oxygen atoms in total. The average Bonchev–Trinajstić information content (AvgIpc) is 2.79. The number of aryl methyl sites for hydroxylation is 1. The Morgan fingerprint density at radius 3 is 2.86 bits per heavy atom. The van der Waals surface area contributed by atoms with Gasteiger partial charge < -0.3 is 4.57 Å². The molecule has 0 bridgehead atoms. The fourth-order valence-electron chi connectivity index (χ4n) is 2.30. The first kappa shape index (κ1) is 14.3. The molecule has 3 rings (SSSR count). The lowest BCUT2D eigenvalue weighted by Gasteiger charge is -2.11. The lowest BCUT2D eigenvalue weighted by molar-refractivity contribution is 0.731. The van der Waals surface area contributed by atoms with E-state index < -0.39 is 0 Å². The molecule has 0 amide bonds. The van der Waals surface area contributed by atoms with E-state index in [4.69, 9.17) is 23.2 Å². The normalized spacial score (nSPS) is 12.8. The molecule has 1 atom stereocenters. The van der Waals surface area contributed by atoms with Gasteiger partial charge in [0, 0.05) is 18.6 Å². The maximum Gasteiger partial charge on any atom is 0.160 e. The van der Waals surface area contributed by atoms with E-state index in [9.17, 15) is 0 Å². The zero-order valence-electron chi connectivity index (χ0n) is 11.7. The van der Waals surface area contributed by atoms with Crippen LogP contribution in [0.5, 0.6) is 0 Å². The van der Waals surface area contributed by atoms with Gasteiger partial charge in [-0.3, -0.25) is 4.98 Å². The highest BCUT2D eigenvalue weighted by Gasteiger charge is 2.17. The van der Waals surface area contributed by atoms with Crippen molar-refractivity contribution in [2.24, 2.45) is 0 Å². The summed E-state index contributed by atoms with van der Waals surface area (Å²) in [7, 11) is 0. The summed E-state index contributed by atoms with van der Waals surface area (Å²) in [4.78, 5) is 13.1. The minimum atomic E-state index is -0.213. The predicted octanol–water partition coefficient (Wildman–Crippen LogP) is 4.14. The molecule has 0 spiro atoms. The Kier molecular flexibility index (Phi) is 3.83. The second-order valence-electron chi connectivity index (χ2n) is 4.97. The number of hydrogen-bond acceptors (Lipinski definition) is 3. The molecular weight excluding hydrogens is 307 g/mol. The fourth-order valence-corrected chi connectivity index (χ4v) is 2.61. The molecule has 0 radical (unpaired) electrons. The van der Waals surface area contributed by atoms with Crippen molar-refractivity contribution in [2.45, 2.75) is 25.8 Å². The van der Waals surface area contributed by atoms with Gasteiger partial charge in [-0.15, -0.1) is 11.6 Å². The van der Waals surface area contributed by atoms with Crippen LogP contribution < -0.4 is 0 Å². The van der Waals surface area contributed by atoms with Crippen LogP contribution in [0.4, 0.5) is 0 Å². The summed E-state index contributed by atoms with van der Waals surface area (Å²) in [6.07, 6.45) is 5.27. The topological polar surface area (TPSA) is 43.6 Å². The first-order chi connectivity index (χ1) is 10.1. The number of imidazole rings is 1. The molecule has 3 heterocycles. The maximum absolute atomic E-state index is 6.27. The molecule has 108 valence electrons. The molecule has 0 aliphatic carbocycles. The zero-order chi connectivity index (χ0) is 15.0. The highest BCUT2D eigenvalue weighted by molar-refractivity contribution is 6.31. The molecule has 3 aromatic rings. The van der Waals surface area contributed by atoms with Gasteiger partial charge in [0.2, 0.25) is 0 Å². The molecule has 0 aliphatic rings. The third-order valence-corrected chi connectivity index (χ3v) is 3.81. The lowest BCUT2D eigenvalue weighted by Crippen LogP contribution is -2.07. The molecule has 0 N–H and O–H groups in total. The lowest BCUT2D eigenvalue weighted by atomic mass is 10.1. The number of halogens is 2. The highest BCUT2D eigenvalue weighted by Crippen LogP contribution is 2.26. The Morgan fingerprint density at radius 2 is 2.14 bits per heavy atom. The van der Waals surface area contributed by atoms with Crippen LogP contribution in [-0.2, 0) is 6.54 Å². The van der Waals surface area contributed by atoms with Crippen LogP contribution >= 0.6 is 23.2 Å². The van der Waals surface area contributed by atoms with E-state index >= 15 is 0 Å². The second kappa shape index (κ2) is 5.62. The van der Waals surface area contributed by atoms with Crippen molar-refractivity contribution in [3.8, 4) is 0 Å². The van der Waals surface area contributed by atoms with Crippen LogP contribution in [0.1, 0.15) is 29.3 Å². The van der Waals surface area contributed by atoms with Crippen LogP contribution in [-0.4, -0.2) is 19.5 Å². The standard InChI is InChI=1S/C15H14Cl2N4/c1-9-3-4-18-6-11(9)8-21-14(10(2)16)20-13-5-12(17)7-19-15(13)21/h3-7,10H,8H2,1-2H3. The molecule has 3 aromatic heterocycles. The molecular formula is C15H14Cl2N4. The molecule has 6 heteroatoms. The summed E-state index contributed by atoms with van der Waals surface area (Å²) < 4.78 is 2.02. The summed E-state index contributed by atoms with van der Waals surface area (Å²) in [5.74, 6) is 0.782. The van der Waals surface area contributed by atoms with E-state index in [2.05, 4.69) is 21.9 Å². The largest absolute Gasteiger partial charge is 0.307 e. The van der Waals surface area contributed by atoms with E-state index in [-0.39, 0.29) is 5.38 Å². The van der Waals surface area contributed by atoms with Gasteiger partial charge in [-0.2, -0.15) is 0 Å². The van der Waals surface area contributed by atoms with Gasteiger partial charge in [-0.1, -0.05) is 11.6 Å². The van der Waals surface area contributed by atoms with Crippen molar-refractivity contribution in [2.75, 3.05) is 0 Å². The van der Waals surface area contributed by atoms with Crippen molar-refractivity contribution in [3.05, 3.63) is 52.7 Å². The van der Waals surface area contributed by atoms with Crippen molar-refractivity contribution in [3.63, 3.8) is 0 Å². The summed E-state index contributed by atoms with van der Waals surface area (Å²) in [5, 5.41) is 0.355. The van der Waals surface area contributed by atoms with Crippen molar-refractivity contribution in [1.29, 1.82) is 0 Å². The van der Waals surface area contributed by atoms with Gasteiger partial charge in [0.25, 0.3) is 0 Å². The molecule has 0 aliphatic heterocycles. The first-order valence-corrected chi connectivity index (χ1v) is 7.43. The monoisotopic (exact) mass is 320 g/mol.